The van der Waals surface area contributed by atoms with Gasteiger partial charge in [-0.25, -0.2) is 4.68 Å². The highest BCUT2D eigenvalue weighted by Crippen LogP contribution is 2.28. The van der Waals surface area contributed by atoms with Crippen LogP contribution in [0.15, 0.2) is 18.2 Å². The number of anilines is 1. The average molecular weight is 289 g/mol. The monoisotopic (exact) mass is 289 g/mol. The molecule has 7 heteroatoms. The molecule has 0 aliphatic carbocycles. The van der Waals surface area contributed by atoms with Crippen LogP contribution in [0.5, 0.6) is 5.75 Å². The number of benzene rings is 1. The topological polar surface area (TPSA) is 88.1 Å². The van der Waals surface area contributed by atoms with Crippen molar-refractivity contribution in [3.8, 4) is 17.1 Å². The fourth-order valence-electron chi connectivity index (χ4n) is 2.52. The number of tetrazole rings is 1. The number of methoxy groups -OCH3 is 1. The van der Waals surface area contributed by atoms with E-state index < -0.39 is 0 Å². The number of nitrogen functional groups attached to an aromatic ring is 1. The van der Waals surface area contributed by atoms with Gasteiger partial charge in [-0.05, 0) is 47.9 Å². The van der Waals surface area contributed by atoms with Crippen LogP contribution >= 0.6 is 0 Å². The molecule has 1 aliphatic rings. The predicted octanol–water partition coefficient (Wildman–Crippen LogP) is 1.50. The number of hydrogen-bond donors (Lipinski definition) is 1. The third kappa shape index (κ3) is 2.97. The van der Waals surface area contributed by atoms with Gasteiger partial charge in [0.25, 0.3) is 0 Å². The molecule has 0 bridgehead atoms. The van der Waals surface area contributed by atoms with E-state index in [4.69, 9.17) is 15.2 Å². The first-order valence-electron chi connectivity index (χ1n) is 7.09. The van der Waals surface area contributed by atoms with Gasteiger partial charge in [0.05, 0.1) is 19.8 Å². The minimum absolute atomic E-state index is 0.160. The maximum Gasteiger partial charge on any atom is 0.184 e. The molecule has 1 aromatic carbocycles. The van der Waals surface area contributed by atoms with E-state index in [1.165, 1.54) is 6.42 Å². The van der Waals surface area contributed by atoms with Crippen LogP contribution in [0.2, 0.25) is 0 Å². The molecule has 1 fully saturated rings. The highest BCUT2D eigenvalue weighted by molar-refractivity contribution is 5.73. The minimum Gasteiger partial charge on any atom is -0.497 e. The van der Waals surface area contributed by atoms with Gasteiger partial charge in [0.15, 0.2) is 5.82 Å². The van der Waals surface area contributed by atoms with Crippen LogP contribution in [-0.2, 0) is 11.3 Å². The van der Waals surface area contributed by atoms with E-state index >= 15 is 0 Å². The van der Waals surface area contributed by atoms with Crippen molar-refractivity contribution in [3.05, 3.63) is 18.2 Å². The van der Waals surface area contributed by atoms with E-state index in [1.54, 1.807) is 17.9 Å². The van der Waals surface area contributed by atoms with E-state index in [9.17, 15) is 0 Å². The molecule has 0 saturated carbocycles. The molecule has 2 N–H and O–H groups in total. The number of aromatic nitrogens is 4. The summed E-state index contributed by atoms with van der Waals surface area (Å²) in [7, 11) is 1.62. The van der Waals surface area contributed by atoms with E-state index in [2.05, 4.69) is 15.5 Å². The van der Waals surface area contributed by atoms with Crippen molar-refractivity contribution in [2.75, 3.05) is 19.5 Å². The highest BCUT2D eigenvalue weighted by Gasteiger charge is 2.19. The lowest BCUT2D eigenvalue weighted by atomic mass is 10.1. The van der Waals surface area contributed by atoms with Crippen LogP contribution < -0.4 is 10.5 Å². The zero-order chi connectivity index (χ0) is 14.7. The number of rotatable bonds is 4. The summed E-state index contributed by atoms with van der Waals surface area (Å²) in [6.07, 6.45) is 3.51. The van der Waals surface area contributed by atoms with E-state index in [1.807, 2.05) is 12.1 Å². The van der Waals surface area contributed by atoms with Crippen molar-refractivity contribution in [3.63, 3.8) is 0 Å². The Balaban J connectivity index is 1.87. The first-order valence-corrected chi connectivity index (χ1v) is 7.09. The van der Waals surface area contributed by atoms with Crippen LogP contribution in [0.25, 0.3) is 11.4 Å². The molecular weight excluding hydrogens is 270 g/mol. The van der Waals surface area contributed by atoms with Gasteiger partial charge in [-0.3, -0.25) is 0 Å². The number of ether oxygens (including phenoxy) is 2. The van der Waals surface area contributed by atoms with Crippen molar-refractivity contribution in [1.82, 2.24) is 20.2 Å². The number of hydrogen-bond acceptors (Lipinski definition) is 6. The van der Waals surface area contributed by atoms with Crippen molar-refractivity contribution >= 4 is 5.69 Å². The summed E-state index contributed by atoms with van der Waals surface area (Å²) in [6.45, 7) is 1.45. The summed E-state index contributed by atoms with van der Waals surface area (Å²) in [5.74, 6) is 1.36. The van der Waals surface area contributed by atoms with E-state index in [0.29, 0.717) is 18.1 Å². The molecule has 112 valence electrons. The zero-order valence-corrected chi connectivity index (χ0v) is 12.0. The Morgan fingerprint density at radius 1 is 1.43 bits per heavy atom. The Labute approximate surface area is 123 Å². The molecule has 2 aromatic rings. The largest absolute Gasteiger partial charge is 0.497 e. The van der Waals surface area contributed by atoms with E-state index in [0.717, 1.165) is 30.8 Å². The van der Waals surface area contributed by atoms with Crippen molar-refractivity contribution in [2.24, 2.45) is 0 Å². The van der Waals surface area contributed by atoms with Gasteiger partial charge >= 0.3 is 0 Å². The van der Waals surface area contributed by atoms with Gasteiger partial charge in [0.2, 0.25) is 0 Å². The molecule has 1 atom stereocenters. The van der Waals surface area contributed by atoms with Crippen molar-refractivity contribution in [2.45, 2.75) is 31.9 Å². The van der Waals surface area contributed by atoms with Crippen molar-refractivity contribution in [1.29, 1.82) is 0 Å². The smallest absolute Gasteiger partial charge is 0.184 e. The molecule has 21 heavy (non-hydrogen) atoms. The van der Waals surface area contributed by atoms with Gasteiger partial charge in [-0.15, -0.1) is 5.10 Å². The molecule has 1 aliphatic heterocycles. The Kier molecular flexibility index (Phi) is 4.01. The quantitative estimate of drug-likeness (QED) is 0.858. The second-order valence-electron chi connectivity index (χ2n) is 5.13. The predicted molar refractivity (Wildman–Crippen MR) is 77.8 cm³/mol. The normalized spacial score (nSPS) is 18.6. The van der Waals surface area contributed by atoms with Crippen LogP contribution in [0.4, 0.5) is 5.69 Å². The summed E-state index contributed by atoms with van der Waals surface area (Å²) in [6, 6.07) is 5.46. The first kappa shape index (κ1) is 13.8. The first-order chi connectivity index (χ1) is 10.3. The fourth-order valence-corrected chi connectivity index (χ4v) is 2.52. The summed E-state index contributed by atoms with van der Waals surface area (Å²) >= 11 is 0. The maximum absolute atomic E-state index is 6.04. The highest BCUT2D eigenvalue weighted by atomic mass is 16.5. The molecule has 2 heterocycles. The SMILES string of the molecule is COc1ccc(N)c(-c2nnnn2CC2CCCCO2)c1. The Hall–Kier alpha value is -2.15. The number of nitrogens with two attached hydrogens (primary N) is 1. The Morgan fingerprint density at radius 2 is 2.33 bits per heavy atom. The van der Waals surface area contributed by atoms with Gasteiger partial charge in [0, 0.05) is 17.9 Å². The molecule has 0 spiro atoms. The Bertz CT molecular complexity index is 607. The molecule has 1 unspecified atom stereocenters. The lowest BCUT2D eigenvalue weighted by Gasteiger charge is -2.22. The lowest BCUT2D eigenvalue weighted by Crippen LogP contribution is -2.25. The van der Waals surface area contributed by atoms with Gasteiger partial charge in [0.1, 0.15) is 5.75 Å². The standard InChI is InChI=1S/C14H19N5O2/c1-20-10-5-6-13(15)12(8-10)14-16-17-18-19(14)9-11-4-2-3-7-21-11/h5-6,8,11H,2-4,7,9,15H2,1H3. The van der Waals surface area contributed by atoms with Gasteiger partial charge < -0.3 is 15.2 Å². The van der Waals surface area contributed by atoms with Crippen LogP contribution in [0.3, 0.4) is 0 Å². The van der Waals surface area contributed by atoms with Gasteiger partial charge in [-0.2, -0.15) is 0 Å². The summed E-state index contributed by atoms with van der Waals surface area (Å²) < 4.78 is 12.7. The molecular formula is C14H19N5O2. The lowest BCUT2D eigenvalue weighted by molar-refractivity contribution is 0.00398. The third-order valence-electron chi connectivity index (χ3n) is 3.68. The molecule has 0 radical (unpaired) electrons. The summed E-state index contributed by atoms with van der Waals surface area (Å²) in [5.41, 5.74) is 7.44. The summed E-state index contributed by atoms with van der Waals surface area (Å²) in [5, 5.41) is 11.9. The third-order valence-corrected chi connectivity index (χ3v) is 3.68. The van der Waals surface area contributed by atoms with Gasteiger partial charge in [-0.1, -0.05) is 0 Å². The molecule has 0 amide bonds. The molecule has 3 rings (SSSR count). The average Bonchev–Trinajstić information content (AvgIpc) is 2.97. The summed E-state index contributed by atoms with van der Waals surface area (Å²) in [4.78, 5) is 0. The van der Waals surface area contributed by atoms with Crippen LogP contribution in [-0.4, -0.2) is 40.0 Å². The second-order valence-corrected chi connectivity index (χ2v) is 5.13. The number of nitrogens with zero attached hydrogens (tertiary/aromatic N) is 4. The zero-order valence-electron chi connectivity index (χ0n) is 12.0. The molecule has 1 aromatic heterocycles. The van der Waals surface area contributed by atoms with Crippen LogP contribution in [0, 0.1) is 0 Å². The Morgan fingerprint density at radius 3 is 3.10 bits per heavy atom. The minimum atomic E-state index is 0.160. The van der Waals surface area contributed by atoms with E-state index in [-0.39, 0.29) is 6.10 Å². The van der Waals surface area contributed by atoms with Crippen molar-refractivity contribution < 1.29 is 9.47 Å². The second kappa shape index (κ2) is 6.09. The maximum atomic E-state index is 6.04. The fraction of sp³-hybridized carbons (Fsp3) is 0.500. The van der Waals surface area contributed by atoms with Crippen LogP contribution in [0.1, 0.15) is 19.3 Å². The molecule has 7 nitrogen and oxygen atoms in total. The molecule has 1 saturated heterocycles.